The first kappa shape index (κ1) is 13.5. The van der Waals surface area contributed by atoms with Crippen LogP contribution < -0.4 is 5.32 Å². The summed E-state index contributed by atoms with van der Waals surface area (Å²) in [5.41, 5.74) is 1.93. The molecule has 2 aromatic rings. The van der Waals surface area contributed by atoms with Crippen LogP contribution >= 0.6 is 0 Å². The van der Waals surface area contributed by atoms with Gasteiger partial charge in [-0.2, -0.15) is 0 Å². The van der Waals surface area contributed by atoms with Gasteiger partial charge in [0.15, 0.2) is 11.6 Å². The van der Waals surface area contributed by atoms with Crippen molar-refractivity contribution in [1.82, 2.24) is 15.3 Å². The van der Waals surface area contributed by atoms with E-state index in [-0.39, 0.29) is 0 Å². The summed E-state index contributed by atoms with van der Waals surface area (Å²) in [5.74, 6) is -1.09. The molecule has 0 bridgehead atoms. The second kappa shape index (κ2) is 5.84. The van der Waals surface area contributed by atoms with Gasteiger partial charge in [0, 0.05) is 11.3 Å². The van der Waals surface area contributed by atoms with E-state index < -0.39 is 11.6 Å². The predicted molar refractivity (Wildman–Crippen MR) is 69.5 cm³/mol. The Hall–Kier alpha value is -1.88. The molecule has 0 unspecified atom stereocenters. The lowest BCUT2D eigenvalue weighted by Gasteiger charge is -2.07. The highest BCUT2D eigenvalue weighted by Gasteiger charge is 2.08. The van der Waals surface area contributed by atoms with E-state index in [0.29, 0.717) is 23.6 Å². The van der Waals surface area contributed by atoms with Gasteiger partial charge in [0.05, 0.1) is 12.2 Å². The van der Waals surface area contributed by atoms with E-state index in [9.17, 15) is 8.78 Å². The Morgan fingerprint density at radius 1 is 1.11 bits per heavy atom. The van der Waals surface area contributed by atoms with Crippen molar-refractivity contribution in [2.45, 2.75) is 20.4 Å². The third kappa shape index (κ3) is 3.32. The minimum Gasteiger partial charge on any atom is -0.310 e. The summed E-state index contributed by atoms with van der Waals surface area (Å²) in [4.78, 5) is 8.64. The van der Waals surface area contributed by atoms with Gasteiger partial charge in [-0.15, -0.1) is 0 Å². The maximum atomic E-state index is 13.2. The Kier molecular flexibility index (Phi) is 4.16. The summed E-state index contributed by atoms with van der Waals surface area (Å²) in [5, 5.41) is 3.13. The minimum absolute atomic E-state index is 0.544. The van der Waals surface area contributed by atoms with Crippen molar-refractivity contribution in [3.63, 3.8) is 0 Å². The average molecular weight is 263 g/mol. The Labute approximate surface area is 110 Å². The zero-order valence-corrected chi connectivity index (χ0v) is 10.9. The van der Waals surface area contributed by atoms with Gasteiger partial charge in [-0.3, -0.25) is 0 Å². The Balaban J connectivity index is 2.37. The lowest BCUT2D eigenvalue weighted by molar-refractivity contribution is 0.509. The van der Waals surface area contributed by atoms with Crippen LogP contribution in [0.25, 0.3) is 11.3 Å². The van der Waals surface area contributed by atoms with Crippen molar-refractivity contribution >= 4 is 0 Å². The number of benzene rings is 1. The molecule has 5 heteroatoms. The summed E-state index contributed by atoms with van der Waals surface area (Å²) in [6, 6.07) is 5.51. The van der Waals surface area contributed by atoms with Crippen molar-refractivity contribution in [2.24, 2.45) is 0 Å². The highest BCUT2D eigenvalue weighted by Crippen LogP contribution is 2.20. The van der Waals surface area contributed by atoms with Crippen LogP contribution in [0.2, 0.25) is 0 Å². The van der Waals surface area contributed by atoms with E-state index in [1.807, 2.05) is 13.8 Å². The molecule has 0 saturated carbocycles. The van der Waals surface area contributed by atoms with Crippen LogP contribution in [0, 0.1) is 18.6 Å². The van der Waals surface area contributed by atoms with Crippen LogP contribution in [-0.4, -0.2) is 16.5 Å². The molecule has 3 nitrogen and oxygen atoms in total. The first-order chi connectivity index (χ1) is 9.10. The molecule has 0 aliphatic carbocycles. The third-order valence-corrected chi connectivity index (χ3v) is 2.65. The zero-order chi connectivity index (χ0) is 13.8. The first-order valence-corrected chi connectivity index (χ1v) is 6.11. The Morgan fingerprint density at radius 3 is 2.58 bits per heavy atom. The van der Waals surface area contributed by atoms with Crippen LogP contribution in [0.4, 0.5) is 8.78 Å². The summed E-state index contributed by atoms with van der Waals surface area (Å²) >= 11 is 0. The molecule has 0 saturated heterocycles. The normalized spacial score (nSPS) is 10.7. The molecule has 1 aromatic carbocycles. The topological polar surface area (TPSA) is 37.8 Å². The van der Waals surface area contributed by atoms with Crippen LogP contribution in [0.1, 0.15) is 18.4 Å². The monoisotopic (exact) mass is 263 g/mol. The van der Waals surface area contributed by atoms with Gasteiger partial charge in [0.25, 0.3) is 0 Å². The van der Waals surface area contributed by atoms with E-state index in [1.165, 1.54) is 6.07 Å². The molecular formula is C14H15F2N3. The molecule has 0 radical (unpaired) electrons. The Morgan fingerprint density at radius 2 is 1.89 bits per heavy atom. The maximum absolute atomic E-state index is 13.2. The van der Waals surface area contributed by atoms with Gasteiger partial charge in [0.2, 0.25) is 0 Å². The highest BCUT2D eigenvalue weighted by molar-refractivity contribution is 5.59. The zero-order valence-electron chi connectivity index (χ0n) is 10.9. The standard InChI is InChI=1S/C14H15F2N3/c1-3-17-8-14-18-9(2)6-13(19-14)10-4-5-11(15)12(16)7-10/h4-7,17H,3,8H2,1-2H3. The molecule has 1 heterocycles. The van der Waals surface area contributed by atoms with Crippen molar-refractivity contribution in [3.8, 4) is 11.3 Å². The van der Waals surface area contributed by atoms with E-state index in [2.05, 4.69) is 15.3 Å². The van der Waals surface area contributed by atoms with Gasteiger partial charge in [-0.1, -0.05) is 6.92 Å². The largest absolute Gasteiger partial charge is 0.310 e. The fraction of sp³-hybridized carbons (Fsp3) is 0.286. The quantitative estimate of drug-likeness (QED) is 0.921. The van der Waals surface area contributed by atoms with Crippen molar-refractivity contribution in [2.75, 3.05) is 6.54 Å². The van der Waals surface area contributed by atoms with Crippen LogP contribution in [0.5, 0.6) is 0 Å². The molecular weight excluding hydrogens is 248 g/mol. The molecule has 1 aromatic heterocycles. The summed E-state index contributed by atoms with van der Waals surface area (Å²) in [7, 11) is 0. The molecule has 100 valence electrons. The van der Waals surface area contributed by atoms with E-state index in [1.54, 1.807) is 6.07 Å². The summed E-state index contributed by atoms with van der Waals surface area (Å²) < 4.78 is 26.2. The molecule has 1 N–H and O–H groups in total. The lowest BCUT2D eigenvalue weighted by atomic mass is 10.1. The fourth-order valence-electron chi connectivity index (χ4n) is 1.75. The first-order valence-electron chi connectivity index (χ1n) is 6.11. The van der Waals surface area contributed by atoms with Gasteiger partial charge in [-0.25, -0.2) is 18.7 Å². The van der Waals surface area contributed by atoms with E-state index in [0.717, 1.165) is 24.4 Å². The van der Waals surface area contributed by atoms with E-state index >= 15 is 0 Å². The summed E-state index contributed by atoms with van der Waals surface area (Å²) in [6.07, 6.45) is 0. The molecule has 0 aliphatic rings. The second-order valence-corrected chi connectivity index (χ2v) is 4.22. The molecule has 0 fully saturated rings. The number of aryl methyl sites for hydroxylation is 1. The number of halogens is 2. The fourth-order valence-corrected chi connectivity index (χ4v) is 1.75. The predicted octanol–water partition coefficient (Wildman–Crippen LogP) is 2.84. The van der Waals surface area contributed by atoms with Gasteiger partial charge < -0.3 is 5.32 Å². The summed E-state index contributed by atoms with van der Waals surface area (Å²) in [6.45, 7) is 5.21. The number of hydrogen-bond acceptors (Lipinski definition) is 3. The van der Waals surface area contributed by atoms with Crippen LogP contribution in [0.3, 0.4) is 0 Å². The van der Waals surface area contributed by atoms with Crippen molar-refractivity contribution in [3.05, 3.63) is 47.4 Å². The minimum atomic E-state index is -0.873. The van der Waals surface area contributed by atoms with Crippen LogP contribution in [-0.2, 0) is 6.54 Å². The maximum Gasteiger partial charge on any atom is 0.159 e. The van der Waals surface area contributed by atoms with Crippen LogP contribution in [0.15, 0.2) is 24.3 Å². The molecule has 0 spiro atoms. The molecule has 2 rings (SSSR count). The number of nitrogens with one attached hydrogen (secondary N) is 1. The smallest absolute Gasteiger partial charge is 0.159 e. The molecule has 0 amide bonds. The van der Waals surface area contributed by atoms with Gasteiger partial charge in [0.1, 0.15) is 5.82 Å². The highest BCUT2D eigenvalue weighted by atomic mass is 19.2. The van der Waals surface area contributed by atoms with Crippen molar-refractivity contribution < 1.29 is 8.78 Å². The second-order valence-electron chi connectivity index (χ2n) is 4.22. The lowest BCUT2D eigenvalue weighted by Crippen LogP contribution is -2.15. The van der Waals surface area contributed by atoms with Gasteiger partial charge in [-0.05, 0) is 37.7 Å². The number of nitrogens with zero attached hydrogens (tertiary/aromatic N) is 2. The van der Waals surface area contributed by atoms with E-state index in [4.69, 9.17) is 0 Å². The molecule has 19 heavy (non-hydrogen) atoms. The Bertz CT molecular complexity index is 585. The SMILES string of the molecule is CCNCc1nc(C)cc(-c2ccc(F)c(F)c2)n1. The molecule has 0 aliphatic heterocycles. The van der Waals surface area contributed by atoms with Crippen molar-refractivity contribution in [1.29, 1.82) is 0 Å². The third-order valence-electron chi connectivity index (χ3n) is 2.65. The average Bonchev–Trinajstić information content (AvgIpc) is 2.39. The number of rotatable bonds is 4. The number of hydrogen-bond donors (Lipinski definition) is 1. The number of aromatic nitrogens is 2. The molecule has 0 atom stereocenters. The van der Waals surface area contributed by atoms with Gasteiger partial charge >= 0.3 is 0 Å².